The zero-order valence-electron chi connectivity index (χ0n) is 4.65. The molecule has 1 aromatic rings. The third-order valence-corrected chi connectivity index (χ3v) is 0.514. The molecular formula is C6H5NOW. The van der Waals surface area contributed by atoms with Gasteiger partial charge < -0.3 is 9.78 Å². The molecule has 0 atom stereocenters. The van der Waals surface area contributed by atoms with Crippen LogP contribution in [-0.2, 0) is 25.9 Å². The third-order valence-electron chi connectivity index (χ3n) is 0.514. The largest absolute Gasteiger partial charge is 2.00 e. The van der Waals surface area contributed by atoms with E-state index in [4.69, 9.17) is 4.79 Å². The van der Waals surface area contributed by atoms with Gasteiger partial charge in [0.05, 0.1) is 0 Å². The maximum atomic E-state index is 7.75. The normalized spacial score (nSPS) is 5.78. The Hall–Kier alpha value is -0.492. The molecule has 2 nitrogen and oxygen atoms in total. The molecule has 0 radical (unpaired) electrons. The van der Waals surface area contributed by atoms with Crippen molar-refractivity contribution in [2.75, 3.05) is 0 Å². The first kappa shape index (κ1) is 11.3. The Morgan fingerprint density at radius 1 is 1.22 bits per heavy atom. The van der Waals surface area contributed by atoms with Crippen molar-refractivity contribution in [1.29, 1.82) is 0 Å². The number of aromatic nitrogens is 1. The van der Waals surface area contributed by atoms with Crippen LogP contribution in [0.2, 0.25) is 0 Å². The van der Waals surface area contributed by atoms with Crippen LogP contribution >= 0.6 is 0 Å². The van der Waals surface area contributed by atoms with E-state index in [1.807, 2.05) is 0 Å². The minimum Gasteiger partial charge on any atom is -0.545 e. The molecule has 0 spiro atoms. The summed E-state index contributed by atoms with van der Waals surface area (Å²) in [6, 6.07) is 6.36. The minimum absolute atomic E-state index is 0. The van der Waals surface area contributed by atoms with Crippen molar-refractivity contribution in [3.63, 3.8) is 0 Å². The second-order valence-corrected chi connectivity index (χ2v) is 0.947. The molecule has 0 fully saturated rings. The molecule has 0 unspecified atom stereocenters. The number of hydrogen-bond donors (Lipinski definition) is 0. The molecule has 0 aliphatic carbocycles. The quantitative estimate of drug-likeness (QED) is 0.518. The zero-order valence-corrected chi connectivity index (χ0v) is 7.58. The van der Waals surface area contributed by atoms with E-state index < -0.39 is 0 Å². The molecule has 0 amide bonds. The SMILES string of the molecule is [CH-]=O.[W+2].[c-]1ccncc1. The van der Waals surface area contributed by atoms with Crippen molar-refractivity contribution in [2.24, 2.45) is 0 Å². The summed E-state index contributed by atoms with van der Waals surface area (Å²) in [5.41, 5.74) is 0. The van der Waals surface area contributed by atoms with Crippen molar-refractivity contribution in [3.05, 3.63) is 30.6 Å². The minimum atomic E-state index is 0. The summed E-state index contributed by atoms with van der Waals surface area (Å²) in [7, 11) is 0. The average molecular weight is 291 g/mol. The predicted octanol–water partition coefficient (Wildman–Crippen LogP) is 0.605. The Kier molecular flexibility index (Phi) is 13.2. The molecule has 46 valence electrons. The predicted molar refractivity (Wildman–Crippen MR) is 29.8 cm³/mol. The van der Waals surface area contributed by atoms with Gasteiger partial charge in [-0.2, -0.15) is 18.2 Å². The average Bonchev–Trinajstić information content (AvgIpc) is 1.96. The first-order valence-electron chi connectivity index (χ1n) is 2.00. The maximum absolute atomic E-state index is 7.75. The molecule has 0 aliphatic heterocycles. The van der Waals surface area contributed by atoms with Crippen LogP contribution in [0.1, 0.15) is 0 Å². The smallest absolute Gasteiger partial charge is 0.545 e. The number of hydrogen-bond acceptors (Lipinski definition) is 2. The van der Waals surface area contributed by atoms with Crippen LogP contribution in [0.25, 0.3) is 0 Å². The first-order chi connectivity index (χ1) is 4.00. The van der Waals surface area contributed by atoms with Crippen molar-refractivity contribution in [2.45, 2.75) is 0 Å². The molecule has 0 aromatic carbocycles. The molecule has 3 heteroatoms. The maximum Gasteiger partial charge on any atom is 2.00 e. The van der Waals surface area contributed by atoms with Crippen LogP contribution in [0.15, 0.2) is 24.5 Å². The van der Waals surface area contributed by atoms with E-state index in [9.17, 15) is 0 Å². The molecule has 1 aromatic heterocycles. The van der Waals surface area contributed by atoms with E-state index in [2.05, 4.69) is 17.8 Å². The zero-order chi connectivity index (χ0) is 6.24. The van der Waals surface area contributed by atoms with Crippen molar-refractivity contribution >= 4 is 6.79 Å². The molecular weight excluding hydrogens is 286 g/mol. The second-order valence-electron chi connectivity index (χ2n) is 0.947. The Labute approximate surface area is 68.6 Å². The van der Waals surface area contributed by atoms with E-state index in [-0.39, 0.29) is 21.1 Å². The van der Waals surface area contributed by atoms with Gasteiger partial charge in [0.25, 0.3) is 0 Å². The van der Waals surface area contributed by atoms with Crippen LogP contribution < -0.4 is 0 Å². The summed E-state index contributed by atoms with van der Waals surface area (Å²) in [6.45, 7) is 3.25. The summed E-state index contributed by atoms with van der Waals surface area (Å²) in [5.74, 6) is 0. The first-order valence-corrected chi connectivity index (χ1v) is 2.00. The Balaban J connectivity index is 0. The van der Waals surface area contributed by atoms with Gasteiger partial charge in [-0.05, 0) is 0 Å². The van der Waals surface area contributed by atoms with Gasteiger partial charge in [-0.3, -0.25) is 6.79 Å². The van der Waals surface area contributed by atoms with Gasteiger partial charge in [-0.25, -0.2) is 0 Å². The van der Waals surface area contributed by atoms with Gasteiger partial charge >= 0.3 is 21.1 Å². The van der Waals surface area contributed by atoms with E-state index in [0.717, 1.165) is 0 Å². The summed E-state index contributed by atoms with van der Waals surface area (Å²) < 4.78 is 0. The van der Waals surface area contributed by atoms with Gasteiger partial charge in [0.2, 0.25) is 0 Å². The summed E-state index contributed by atoms with van der Waals surface area (Å²) >= 11 is 0. The Morgan fingerprint density at radius 3 is 1.78 bits per heavy atom. The number of nitrogens with zero attached hydrogens (tertiary/aromatic N) is 1. The molecule has 0 bridgehead atoms. The summed E-state index contributed by atoms with van der Waals surface area (Å²) in [4.78, 5) is 11.5. The van der Waals surface area contributed by atoms with E-state index >= 15 is 0 Å². The molecule has 9 heavy (non-hydrogen) atoms. The van der Waals surface area contributed by atoms with Crippen LogP contribution in [0.5, 0.6) is 0 Å². The molecule has 0 N–H and O–H groups in total. The third kappa shape index (κ3) is 7.51. The molecule has 1 rings (SSSR count). The Bertz CT molecular complexity index is 95.9. The van der Waals surface area contributed by atoms with Gasteiger partial charge in [0.15, 0.2) is 0 Å². The van der Waals surface area contributed by atoms with Gasteiger partial charge in [-0.1, -0.05) is 12.4 Å². The van der Waals surface area contributed by atoms with Crippen molar-refractivity contribution < 1.29 is 25.9 Å². The fourth-order valence-electron chi connectivity index (χ4n) is 0.277. The van der Waals surface area contributed by atoms with Gasteiger partial charge in [0.1, 0.15) is 0 Å². The van der Waals surface area contributed by atoms with E-state index in [1.165, 1.54) is 0 Å². The van der Waals surface area contributed by atoms with Crippen LogP contribution in [0, 0.1) is 6.07 Å². The second kappa shape index (κ2) is 10.5. The molecule has 0 saturated carbocycles. The van der Waals surface area contributed by atoms with Crippen LogP contribution in [0.4, 0.5) is 0 Å². The number of pyridine rings is 1. The van der Waals surface area contributed by atoms with Crippen molar-refractivity contribution in [3.8, 4) is 0 Å². The molecule has 0 saturated heterocycles. The molecule has 1 heterocycles. The fraction of sp³-hybridized carbons (Fsp3) is 0. The number of carbonyl (C=O) groups excluding carboxylic acids is 1. The monoisotopic (exact) mass is 291 g/mol. The summed E-state index contributed by atoms with van der Waals surface area (Å²) in [5, 5.41) is 0. The van der Waals surface area contributed by atoms with Gasteiger partial charge in [-0.15, -0.1) is 0 Å². The van der Waals surface area contributed by atoms with Crippen LogP contribution in [-0.4, -0.2) is 11.8 Å². The fourth-order valence-corrected chi connectivity index (χ4v) is 0.277. The Morgan fingerprint density at radius 2 is 1.67 bits per heavy atom. The number of rotatable bonds is 0. The standard InChI is InChI=1S/C5H4N.CHO.W/c1-2-4-6-5-3-1;1-2;/h2-5H;1H;/q2*-1;+2. The van der Waals surface area contributed by atoms with E-state index in [1.54, 1.807) is 24.5 Å². The van der Waals surface area contributed by atoms with E-state index in [0.29, 0.717) is 0 Å². The molecule has 0 aliphatic rings. The summed E-state index contributed by atoms with van der Waals surface area (Å²) in [6.07, 6.45) is 3.39. The van der Waals surface area contributed by atoms with Crippen LogP contribution in [0.3, 0.4) is 0 Å². The topological polar surface area (TPSA) is 30.0 Å². The van der Waals surface area contributed by atoms with Gasteiger partial charge in [0, 0.05) is 0 Å². The van der Waals surface area contributed by atoms with Crippen molar-refractivity contribution in [1.82, 2.24) is 4.98 Å².